The molecule has 0 atom stereocenters. The summed E-state index contributed by atoms with van der Waals surface area (Å²) in [7, 11) is 0. The highest BCUT2D eigenvalue weighted by molar-refractivity contribution is 7.99. The van der Waals surface area contributed by atoms with Crippen molar-refractivity contribution >= 4 is 18.0 Å². The fraction of sp³-hybridized carbons (Fsp3) is 0.375. The van der Waals surface area contributed by atoms with Crippen molar-refractivity contribution in [1.82, 2.24) is 9.97 Å². The Morgan fingerprint density at radius 1 is 1.46 bits per heavy atom. The molecule has 0 spiro atoms. The van der Waals surface area contributed by atoms with E-state index in [1.165, 1.54) is 12.4 Å². The molecule has 4 nitrogen and oxygen atoms in total. The third-order valence-electron chi connectivity index (χ3n) is 1.66. The molecule has 13 heavy (non-hydrogen) atoms. The minimum Gasteiger partial charge on any atom is -0.379 e. The van der Waals surface area contributed by atoms with Gasteiger partial charge in [-0.05, 0) is 0 Å². The van der Waals surface area contributed by atoms with Crippen LogP contribution in [0.1, 0.15) is 10.4 Å². The van der Waals surface area contributed by atoms with Gasteiger partial charge in [-0.1, -0.05) is 11.8 Å². The minimum atomic E-state index is 0.474. The van der Waals surface area contributed by atoms with E-state index in [4.69, 9.17) is 4.74 Å². The van der Waals surface area contributed by atoms with E-state index in [2.05, 4.69) is 9.97 Å². The van der Waals surface area contributed by atoms with Gasteiger partial charge in [0.2, 0.25) is 0 Å². The standard InChI is InChI=1S/C8H8N2O2S/c11-3-6-1-9-8(10-2-6)13-7-4-12-5-7/h1-3,7H,4-5H2. The summed E-state index contributed by atoms with van der Waals surface area (Å²) in [4.78, 5) is 18.4. The van der Waals surface area contributed by atoms with Gasteiger partial charge in [-0.2, -0.15) is 0 Å². The van der Waals surface area contributed by atoms with Crippen molar-refractivity contribution in [3.63, 3.8) is 0 Å². The minimum absolute atomic E-state index is 0.474. The van der Waals surface area contributed by atoms with Gasteiger partial charge in [0.1, 0.15) is 0 Å². The zero-order chi connectivity index (χ0) is 9.10. The molecule has 0 aromatic carbocycles. The van der Waals surface area contributed by atoms with Crippen molar-refractivity contribution in [2.24, 2.45) is 0 Å². The second-order valence-corrected chi connectivity index (χ2v) is 3.96. The second-order valence-electron chi connectivity index (χ2n) is 2.69. The van der Waals surface area contributed by atoms with Crippen LogP contribution in [0.3, 0.4) is 0 Å². The van der Waals surface area contributed by atoms with Crippen molar-refractivity contribution in [2.75, 3.05) is 13.2 Å². The van der Waals surface area contributed by atoms with E-state index < -0.39 is 0 Å². The smallest absolute Gasteiger partial charge is 0.187 e. The molecule has 1 aliphatic rings. The molecule has 1 saturated heterocycles. The molecule has 68 valence electrons. The van der Waals surface area contributed by atoms with Crippen LogP contribution in [0.2, 0.25) is 0 Å². The Balaban J connectivity index is 2.00. The number of carbonyl (C=O) groups is 1. The lowest BCUT2D eigenvalue weighted by Crippen LogP contribution is -2.30. The van der Waals surface area contributed by atoms with Crippen molar-refractivity contribution in [2.45, 2.75) is 10.4 Å². The number of hydrogen-bond acceptors (Lipinski definition) is 5. The first-order valence-corrected chi connectivity index (χ1v) is 4.78. The van der Waals surface area contributed by atoms with Crippen LogP contribution in [0, 0.1) is 0 Å². The van der Waals surface area contributed by atoms with Gasteiger partial charge in [-0.3, -0.25) is 4.79 Å². The number of aldehydes is 1. The largest absolute Gasteiger partial charge is 0.379 e. The van der Waals surface area contributed by atoms with Crippen molar-refractivity contribution < 1.29 is 9.53 Å². The number of carbonyl (C=O) groups excluding carboxylic acids is 1. The predicted molar refractivity (Wildman–Crippen MR) is 47.9 cm³/mol. The molecule has 1 aliphatic heterocycles. The average molecular weight is 196 g/mol. The van der Waals surface area contributed by atoms with E-state index in [9.17, 15) is 4.79 Å². The topological polar surface area (TPSA) is 52.1 Å². The first-order chi connectivity index (χ1) is 6.38. The Hall–Kier alpha value is -0.940. The molecule has 1 fully saturated rings. The fourth-order valence-corrected chi connectivity index (χ4v) is 1.73. The molecule has 0 aliphatic carbocycles. The van der Waals surface area contributed by atoms with Gasteiger partial charge in [0.05, 0.1) is 24.0 Å². The maximum absolute atomic E-state index is 10.3. The number of aromatic nitrogens is 2. The van der Waals surface area contributed by atoms with Crippen molar-refractivity contribution in [3.05, 3.63) is 18.0 Å². The lowest BCUT2D eigenvalue weighted by molar-refractivity contribution is 0.0454. The Morgan fingerprint density at radius 3 is 2.62 bits per heavy atom. The molecule has 5 heteroatoms. The summed E-state index contributed by atoms with van der Waals surface area (Å²) in [5.41, 5.74) is 0.509. The average Bonchev–Trinajstić information content (AvgIpc) is 2.12. The maximum atomic E-state index is 10.3. The van der Waals surface area contributed by atoms with Gasteiger partial charge in [-0.15, -0.1) is 0 Å². The van der Waals surface area contributed by atoms with Crippen LogP contribution < -0.4 is 0 Å². The summed E-state index contributed by atoms with van der Waals surface area (Å²) in [6, 6.07) is 0. The number of rotatable bonds is 3. The molecule has 0 unspecified atom stereocenters. The van der Waals surface area contributed by atoms with E-state index in [1.807, 2.05) is 0 Å². The van der Waals surface area contributed by atoms with Crippen LogP contribution in [-0.2, 0) is 4.74 Å². The highest BCUT2D eigenvalue weighted by atomic mass is 32.2. The summed E-state index contributed by atoms with van der Waals surface area (Å²) in [6.07, 6.45) is 3.80. The molecular formula is C8H8N2O2S. The molecule has 2 heterocycles. The fourth-order valence-electron chi connectivity index (χ4n) is 0.879. The molecule has 0 saturated carbocycles. The SMILES string of the molecule is O=Cc1cnc(SC2COC2)nc1. The molecule has 0 radical (unpaired) electrons. The van der Waals surface area contributed by atoms with E-state index in [0.29, 0.717) is 16.0 Å². The third kappa shape index (κ3) is 2.05. The number of nitrogens with zero attached hydrogens (tertiary/aromatic N) is 2. The van der Waals surface area contributed by atoms with E-state index in [1.54, 1.807) is 11.8 Å². The Labute approximate surface area is 79.7 Å². The molecule has 2 rings (SSSR count). The van der Waals surface area contributed by atoms with Gasteiger partial charge in [0.25, 0.3) is 0 Å². The van der Waals surface area contributed by atoms with Crippen LogP contribution in [-0.4, -0.2) is 34.7 Å². The summed E-state index contributed by atoms with van der Waals surface area (Å²) >= 11 is 1.59. The monoisotopic (exact) mass is 196 g/mol. The molecule has 0 N–H and O–H groups in total. The summed E-state index contributed by atoms with van der Waals surface area (Å²) in [5, 5.41) is 1.18. The number of ether oxygens (including phenoxy) is 1. The van der Waals surface area contributed by atoms with Crippen LogP contribution in [0.25, 0.3) is 0 Å². The normalized spacial score (nSPS) is 16.6. The van der Waals surface area contributed by atoms with Crippen LogP contribution in [0.4, 0.5) is 0 Å². The molecular weight excluding hydrogens is 188 g/mol. The highest BCUT2D eigenvalue weighted by Gasteiger charge is 2.20. The Bertz CT molecular complexity index is 298. The molecule has 1 aromatic rings. The lowest BCUT2D eigenvalue weighted by atomic mass is 10.4. The third-order valence-corrected chi connectivity index (χ3v) is 2.69. The summed E-state index contributed by atoms with van der Waals surface area (Å²) < 4.78 is 5.02. The molecule has 0 amide bonds. The van der Waals surface area contributed by atoms with Crippen LogP contribution in [0.5, 0.6) is 0 Å². The molecule has 1 aromatic heterocycles. The maximum Gasteiger partial charge on any atom is 0.187 e. The second kappa shape index (κ2) is 3.85. The van der Waals surface area contributed by atoms with Crippen molar-refractivity contribution in [1.29, 1.82) is 0 Å². The Kier molecular flexibility index (Phi) is 2.56. The first-order valence-electron chi connectivity index (χ1n) is 3.90. The van der Waals surface area contributed by atoms with Gasteiger partial charge in [0.15, 0.2) is 11.4 Å². The van der Waals surface area contributed by atoms with E-state index in [0.717, 1.165) is 19.5 Å². The number of thioether (sulfide) groups is 1. The van der Waals surface area contributed by atoms with Gasteiger partial charge in [0, 0.05) is 12.4 Å². The summed E-state index contributed by atoms with van der Waals surface area (Å²) in [5.74, 6) is 0. The van der Waals surface area contributed by atoms with Gasteiger partial charge in [-0.25, -0.2) is 9.97 Å². The summed E-state index contributed by atoms with van der Waals surface area (Å²) in [6.45, 7) is 1.53. The van der Waals surface area contributed by atoms with Crippen molar-refractivity contribution in [3.8, 4) is 0 Å². The van der Waals surface area contributed by atoms with E-state index in [-0.39, 0.29) is 0 Å². The first kappa shape index (κ1) is 8.65. The van der Waals surface area contributed by atoms with Crippen LogP contribution >= 0.6 is 11.8 Å². The molecule has 0 bridgehead atoms. The Morgan fingerprint density at radius 2 is 2.15 bits per heavy atom. The highest BCUT2D eigenvalue weighted by Crippen LogP contribution is 2.24. The van der Waals surface area contributed by atoms with Gasteiger partial charge < -0.3 is 4.74 Å². The predicted octanol–water partition coefficient (Wildman–Crippen LogP) is 0.780. The zero-order valence-corrected chi connectivity index (χ0v) is 7.66. The zero-order valence-electron chi connectivity index (χ0n) is 6.84. The van der Waals surface area contributed by atoms with Gasteiger partial charge >= 0.3 is 0 Å². The number of hydrogen-bond donors (Lipinski definition) is 0. The van der Waals surface area contributed by atoms with E-state index >= 15 is 0 Å². The quantitative estimate of drug-likeness (QED) is 0.528. The lowest BCUT2D eigenvalue weighted by Gasteiger charge is -2.23. The van der Waals surface area contributed by atoms with Crippen LogP contribution in [0.15, 0.2) is 17.6 Å².